The van der Waals surface area contributed by atoms with Gasteiger partial charge in [0.05, 0.1) is 0 Å². The number of carbonyl (C=O) groups is 1. The highest BCUT2D eigenvalue weighted by Gasteiger charge is 2.44. The third-order valence-corrected chi connectivity index (χ3v) is 6.83. The second kappa shape index (κ2) is 9.60. The molecular weight excluding hydrogens is 460 g/mol. The molecule has 0 aliphatic carbocycles. The van der Waals surface area contributed by atoms with Crippen molar-refractivity contribution in [2.75, 3.05) is 25.0 Å². The number of rotatable bonds is 6. The zero-order valence-electron chi connectivity index (χ0n) is 18.4. The minimum atomic E-state index is -0.615. The van der Waals surface area contributed by atoms with Crippen LogP contribution in [0, 0.1) is 11.6 Å². The number of piperazine rings is 1. The van der Waals surface area contributed by atoms with E-state index in [4.69, 9.17) is 16.3 Å². The monoisotopic (exact) mass is 483 g/mol. The van der Waals surface area contributed by atoms with Crippen molar-refractivity contribution < 1.29 is 18.3 Å². The number of anilines is 1. The van der Waals surface area contributed by atoms with Crippen molar-refractivity contribution in [3.63, 3.8) is 0 Å². The number of halogens is 3. The van der Waals surface area contributed by atoms with Gasteiger partial charge in [-0.3, -0.25) is 4.90 Å². The SMILES string of the molecule is O=C(Nc1ccc(Oc2ccc(F)cc2)c(F)c1)N1CC2CC1CN2CCc1ccccc1Cl. The predicted octanol–water partition coefficient (Wildman–Crippen LogP) is 5.94. The molecular formula is C26H24ClF2N3O2. The van der Waals surface area contributed by atoms with Crippen LogP contribution >= 0.6 is 11.6 Å². The molecule has 2 saturated heterocycles. The lowest BCUT2D eigenvalue weighted by atomic mass is 10.1. The summed E-state index contributed by atoms with van der Waals surface area (Å²) < 4.78 is 33.0. The Hall–Kier alpha value is -3.16. The summed E-state index contributed by atoms with van der Waals surface area (Å²) in [6, 6.07) is 17.7. The van der Waals surface area contributed by atoms with E-state index in [0.717, 1.165) is 36.5 Å². The second-order valence-corrected chi connectivity index (χ2v) is 9.07. The minimum Gasteiger partial charge on any atom is -0.454 e. The fourth-order valence-corrected chi connectivity index (χ4v) is 4.95. The Morgan fingerprint density at radius 3 is 2.53 bits per heavy atom. The Morgan fingerprint density at radius 2 is 1.82 bits per heavy atom. The van der Waals surface area contributed by atoms with Gasteiger partial charge in [-0.15, -0.1) is 0 Å². The lowest BCUT2D eigenvalue weighted by Gasteiger charge is -2.34. The maximum Gasteiger partial charge on any atom is 0.322 e. The maximum absolute atomic E-state index is 14.5. The van der Waals surface area contributed by atoms with Crippen LogP contribution in [0.3, 0.4) is 0 Å². The maximum atomic E-state index is 14.5. The Bertz CT molecular complexity index is 1190. The summed E-state index contributed by atoms with van der Waals surface area (Å²) in [7, 11) is 0. The van der Waals surface area contributed by atoms with Crippen LogP contribution in [0.2, 0.25) is 5.02 Å². The van der Waals surface area contributed by atoms with E-state index in [1.807, 2.05) is 29.2 Å². The van der Waals surface area contributed by atoms with Gasteiger partial charge < -0.3 is 15.0 Å². The summed E-state index contributed by atoms with van der Waals surface area (Å²) in [5.74, 6) is -0.690. The normalized spacial score (nSPS) is 19.4. The highest BCUT2D eigenvalue weighted by Crippen LogP contribution is 2.32. The van der Waals surface area contributed by atoms with Crippen molar-refractivity contribution in [3.8, 4) is 11.5 Å². The molecule has 0 saturated carbocycles. The van der Waals surface area contributed by atoms with Gasteiger partial charge in [-0.1, -0.05) is 29.8 Å². The van der Waals surface area contributed by atoms with Crippen molar-refractivity contribution in [2.45, 2.75) is 24.9 Å². The zero-order valence-corrected chi connectivity index (χ0v) is 19.1. The van der Waals surface area contributed by atoms with Gasteiger partial charge >= 0.3 is 6.03 Å². The fraction of sp³-hybridized carbons (Fsp3) is 0.269. The first-order valence-electron chi connectivity index (χ1n) is 11.2. The van der Waals surface area contributed by atoms with Crippen LogP contribution in [0.1, 0.15) is 12.0 Å². The molecule has 2 unspecified atom stereocenters. The molecule has 176 valence electrons. The number of urea groups is 1. The molecule has 5 nitrogen and oxygen atoms in total. The van der Waals surface area contributed by atoms with Crippen LogP contribution in [0.5, 0.6) is 11.5 Å². The third-order valence-electron chi connectivity index (χ3n) is 6.47. The molecule has 0 spiro atoms. The first-order chi connectivity index (χ1) is 16.5. The molecule has 3 aromatic carbocycles. The van der Waals surface area contributed by atoms with Gasteiger partial charge in [0.15, 0.2) is 11.6 Å². The third kappa shape index (κ3) is 4.86. The molecule has 0 aromatic heterocycles. The standard InChI is InChI=1S/C26H24ClF2N3O2/c27-23-4-2-1-3-17(23)11-12-31-15-21-14-20(31)16-32(21)26(33)30-19-7-10-25(24(29)13-19)34-22-8-5-18(28)6-9-22/h1-10,13,20-21H,11-12,14-16H2,(H,30,33). The Morgan fingerprint density at radius 1 is 1.03 bits per heavy atom. The van der Waals surface area contributed by atoms with Gasteiger partial charge in [-0.25, -0.2) is 13.6 Å². The van der Waals surface area contributed by atoms with E-state index in [2.05, 4.69) is 10.2 Å². The van der Waals surface area contributed by atoms with E-state index in [1.54, 1.807) is 6.07 Å². The molecule has 2 atom stereocenters. The molecule has 2 aliphatic rings. The Labute approximate surface area is 201 Å². The van der Waals surface area contributed by atoms with Gasteiger partial charge in [0, 0.05) is 48.5 Å². The van der Waals surface area contributed by atoms with Crippen molar-refractivity contribution in [2.24, 2.45) is 0 Å². The van der Waals surface area contributed by atoms with Crippen LogP contribution in [-0.2, 0) is 6.42 Å². The summed E-state index contributed by atoms with van der Waals surface area (Å²) in [6.45, 7) is 2.37. The van der Waals surface area contributed by atoms with E-state index < -0.39 is 11.6 Å². The predicted molar refractivity (Wildman–Crippen MR) is 128 cm³/mol. The quantitative estimate of drug-likeness (QED) is 0.471. The van der Waals surface area contributed by atoms with Gasteiger partial charge in [0.25, 0.3) is 0 Å². The fourth-order valence-electron chi connectivity index (χ4n) is 4.72. The molecule has 2 bridgehead atoms. The van der Waals surface area contributed by atoms with Crippen LogP contribution < -0.4 is 10.1 Å². The van der Waals surface area contributed by atoms with Gasteiger partial charge in [-0.2, -0.15) is 0 Å². The van der Waals surface area contributed by atoms with E-state index in [1.165, 1.54) is 36.4 Å². The number of hydrogen-bond acceptors (Lipinski definition) is 3. The molecule has 5 rings (SSSR count). The average molecular weight is 484 g/mol. The Kier molecular flexibility index (Phi) is 6.39. The van der Waals surface area contributed by atoms with E-state index in [0.29, 0.717) is 24.0 Å². The average Bonchev–Trinajstić information content (AvgIpc) is 3.43. The van der Waals surface area contributed by atoms with Gasteiger partial charge in [-0.05, 0) is 60.9 Å². The lowest BCUT2D eigenvalue weighted by Crippen LogP contribution is -2.50. The van der Waals surface area contributed by atoms with Gasteiger partial charge in [0.1, 0.15) is 11.6 Å². The largest absolute Gasteiger partial charge is 0.454 e. The minimum absolute atomic E-state index is 0.000928. The summed E-state index contributed by atoms with van der Waals surface area (Å²) in [5.41, 5.74) is 1.49. The number of ether oxygens (including phenoxy) is 1. The summed E-state index contributed by atoms with van der Waals surface area (Å²) in [4.78, 5) is 17.1. The van der Waals surface area contributed by atoms with Crippen LogP contribution in [-0.4, -0.2) is 47.5 Å². The highest BCUT2D eigenvalue weighted by atomic mass is 35.5. The smallest absolute Gasteiger partial charge is 0.322 e. The summed E-state index contributed by atoms with van der Waals surface area (Å²) in [6.07, 6.45) is 1.81. The molecule has 34 heavy (non-hydrogen) atoms. The van der Waals surface area contributed by atoms with Crippen LogP contribution in [0.15, 0.2) is 66.7 Å². The molecule has 3 aromatic rings. The van der Waals surface area contributed by atoms with Crippen molar-refractivity contribution in [3.05, 3.63) is 89.0 Å². The first kappa shape index (κ1) is 22.6. The number of likely N-dealkylation sites (tertiary alicyclic amines) is 2. The van der Waals surface area contributed by atoms with Crippen molar-refractivity contribution in [1.29, 1.82) is 0 Å². The van der Waals surface area contributed by atoms with E-state index >= 15 is 0 Å². The zero-order chi connectivity index (χ0) is 23.7. The number of nitrogens with zero attached hydrogens (tertiary/aromatic N) is 2. The highest BCUT2D eigenvalue weighted by molar-refractivity contribution is 6.31. The van der Waals surface area contributed by atoms with Crippen molar-refractivity contribution >= 4 is 23.3 Å². The molecule has 0 radical (unpaired) electrons. The van der Waals surface area contributed by atoms with E-state index in [9.17, 15) is 13.6 Å². The number of amides is 2. The summed E-state index contributed by atoms with van der Waals surface area (Å²) >= 11 is 6.27. The number of fused-ring (bicyclic) bond motifs is 2. The van der Waals surface area contributed by atoms with Crippen LogP contribution in [0.4, 0.5) is 19.3 Å². The molecule has 1 N–H and O–H groups in total. The Balaban J connectivity index is 1.15. The molecule has 8 heteroatoms. The molecule has 2 heterocycles. The van der Waals surface area contributed by atoms with Gasteiger partial charge in [0.2, 0.25) is 0 Å². The second-order valence-electron chi connectivity index (χ2n) is 8.66. The lowest BCUT2D eigenvalue weighted by molar-refractivity contribution is 0.145. The molecule has 2 fully saturated rings. The number of hydrogen-bond donors (Lipinski definition) is 1. The van der Waals surface area contributed by atoms with Crippen LogP contribution in [0.25, 0.3) is 0 Å². The van der Waals surface area contributed by atoms with Crippen molar-refractivity contribution in [1.82, 2.24) is 9.80 Å². The summed E-state index contributed by atoms with van der Waals surface area (Å²) in [5, 5.41) is 3.58. The first-order valence-corrected chi connectivity index (χ1v) is 11.6. The van der Waals surface area contributed by atoms with E-state index in [-0.39, 0.29) is 17.8 Å². The number of benzene rings is 3. The number of nitrogens with one attached hydrogen (secondary N) is 1. The number of carbonyl (C=O) groups excluding carboxylic acids is 1. The molecule has 2 amide bonds. The molecule has 2 aliphatic heterocycles. The topological polar surface area (TPSA) is 44.8 Å².